The predicted molar refractivity (Wildman–Crippen MR) is 80.1 cm³/mol. The van der Waals surface area contributed by atoms with Crippen LogP contribution in [0.3, 0.4) is 0 Å². The largest absolute Gasteiger partial charge is 0.573 e. The molecule has 23 heavy (non-hydrogen) atoms. The molecule has 0 atom stereocenters. The summed E-state index contributed by atoms with van der Waals surface area (Å²) in [6.45, 7) is 0. The summed E-state index contributed by atoms with van der Waals surface area (Å²) in [6.07, 6.45) is -0.676. The van der Waals surface area contributed by atoms with Crippen molar-refractivity contribution < 1.29 is 22.7 Å². The van der Waals surface area contributed by atoms with Gasteiger partial charge in [-0.1, -0.05) is 15.9 Å². The van der Waals surface area contributed by atoms with Gasteiger partial charge in [0, 0.05) is 28.0 Å². The molecule has 9 heteroatoms. The highest BCUT2D eigenvalue weighted by atomic mass is 79.9. The highest BCUT2D eigenvalue weighted by molar-refractivity contribution is 9.10. The number of ether oxygens (including phenoxy) is 1. The van der Waals surface area contributed by atoms with Gasteiger partial charge in [-0.2, -0.15) is 5.10 Å². The monoisotopic (exact) mass is 387 g/mol. The van der Waals surface area contributed by atoms with E-state index < -0.39 is 12.3 Å². The molecule has 0 saturated heterocycles. The first kappa shape index (κ1) is 16.9. The van der Waals surface area contributed by atoms with Gasteiger partial charge in [-0.05, 0) is 30.3 Å². The van der Waals surface area contributed by atoms with E-state index in [1.54, 1.807) is 0 Å². The zero-order valence-corrected chi connectivity index (χ0v) is 12.9. The van der Waals surface area contributed by atoms with Gasteiger partial charge in [0.05, 0.1) is 6.21 Å². The van der Waals surface area contributed by atoms with Crippen LogP contribution in [0, 0.1) is 0 Å². The molecule has 1 aromatic heterocycles. The zero-order chi connectivity index (χ0) is 16.9. The summed E-state index contributed by atoms with van der Waals surface area (Å²) < 4.78 is 40.9. The molecule has 5 nitrogen and oxygen atoms in total. The number of pyridine rings is 1. The second-order valence-corrected chi connectivity index (χ2v) is 5.02. The van der Waals surface area contributed by atoms with Gasteiger partial charge in [-0.15, -0.1) is 13.2 Å². The second kappa shape index (κ2) is 7.23. The number of carbonyl (C=O) groups is 1. The fraction of sp³-hybridized carbons (Fsp3) is 0.0714. The number of carbonyl (C=O) groups excluding carboxylic acids is 1. The summed E-state index contributed by atoms with van der Waals surface area (Å²) in [5, 5.41) is 3.70. The lowest BCUT2D eigenvalue weighted by Crippen LogP contribution is -2.18. The topological polar surface area (TPSA) is 63.6 Å². The first-order valence-corrected chi connectivity index (χ1v) is 6.93. The number of alkyl halides is 3. The van der Waals surface area contributed by atoms with Crippen molar-refractivity contribution in [3.63, 3.8) is 0 Å². The van der Waals surface area contributed by atoms with E-state index in [0.29, 0.717) is 15.6 Å². The van der Waals surface area contributed by atoms with Crippen LogP contribution in [0.15, 0.2) is 52.3 Å². The molecular weight excluding hydrogens is 379 g/mol. The Morgan fingerprint density at radius 2 is 1.96 bits per heavy atom. The Kier molecular flexibility index (Phi) is 5.32. The van der Waals surface area contributed by atoms with Gasteiger partial charge >= 0.3 is 6.36 Å². The molecule has 0 saturated carbocycles. The zero-order valence-electron chi connectivity index (χ0n) is 11.3. The van der Waals surface area contributed by atoms with Crippen molar-refractivity contribution in [2.45, 2.75) is 6.36 Å². The third-order valence-corrected chi connectivity index (χ3v) is 3.24. The second-order valence-electron chi connectivity index (χ2n) is 4.17. The standard InChI is InChI=1S/C14H9BrF3N3O2/c15-12-2-1-11(23-14(16,17)18)7-10(12)8-20-21-13(22)9-3-5-19-6-4-9/h1-8H,(H,21,22)/b20-8-. The molecule has 0 aliphatic carbocycles. The number of halogens is 4. The minimum atomic E-state index is -4.78. The fourth-order valence-electron chi connectivity index (χ4n) is 1.55. The van der Waals surface area contributed by atoms with Crippen LogP contribution in [0.1, 0.15) is 15.9 Å². The van der Waals surface area contributed by atoms with Crippen LogP contribution >= 0.6 is 15.9 Å². The van der Waals surface area contributed by atoms with Crippen LogP contribution in [0.2, 0.25) is 0 Å². The molecule has 0 fully saturated rings. The Morgan fingerprint density at radius 3 is 2.61 bits per heavy atom. The number of hydrogen-bond donors (Lipinski definition) is 1. The Morgan fingerprint density at radius 1 is 1.26 bits per heavy atom. The van der Waals surface area contributed by atoms with E-state index in [2.05, 4.69) is 36.2 Å². The Labute approximate surface area is 137 Å². The van der Waals surface area contributed by atoms with Gasteiger partial charge in [0.1, 0.15) is 5.75 Å². The van der Waals surface area contributed by atoms with Gasteiger partial charge in [-0.25, -0.2) is 5.43 Å². The highest BCUT2D eigenvalue weighted by Gasteiger charge is 2.31. The first-order chi connectivity index (χ1) is 10.8. The van der Waals surface area contributed by atoms with Gasteiger partial charge in [0.15, 0.2) is 0 Å². The summed E-state index contributed by atoms with van der Waals surface area (Å²) in [5.74, 6) is -0.856. The lowest BCUT2D eigenvalue weighted by molar-refractivity contribution is -0.274. The first-order valence-electron chi connectivity index (χ1n) is 6.14. The number of hydrazone groups is 1. The van der Waals surface area contributed by atoms with Crippen molar-refractivity contribution in [1.82, 2.24) is 10.4 Å². The van der Waals surface area contributed by atoms with Crippen LogP contribution in [0.4, 0.5) is 13.2 Å². The van der Waals surface area contributed by atoms with Crippen molar-refractivity contribution >= 4 is 28.1 Å². The van der Waals surface area contributed by atoms with E-state index in [1.165, 1.54) is 36.8 Å². The Bertz CT molecular complexity index is 721. The summed E-state index contributed by atoms with van der Waals surface area (Å²) in [6, 6.07) is 6.67. The van der Waals surface area contributed by atoms with Crippen LogP contribution < -0.4 is 10.2 Å². The molecule has 1 amide bonds. The van der Waals surface area contributed by atoms with Gasteiger partial charge in [0.2, 0.25) is 0 Å². The molecule has 0 bridgehead atoms. The number of amides is 1. The summed E-state index contributed by atoms with van der Waals surface area (Å²) in [4.78, 5) is 15.5. The molecule has 0 aliphatic rings. The van der Waals surface area contributed by atoms with Gasteiger partial charge in [0.25, 0.3) is 5.91 Å². The number of aromatic nitrogens is 1. The van der Waals surface area contributed by atoms with E-state index in [-0.39, 0.29) is 5.75 Å². The van der Waals surface area contributed by atoms with Crippen LogP contribution in [0.5, 0.6) is 5.75 Å². The van der Waals surface area contributed by atoms with Crippen molar-refractivity contribution in [3.8, 4) is 5.75 Å². The average Bonchev–Trinajstić information content (AvgIpc) is 2.49. The van der Waals surface area contributed by atoms with Crippen molar-refractivity contribution in [1.29, 1.82) is 0 Å². The molecule has 0 aliphatic heterocycles. The van der Waals surface area contributed by atoms with E-state index in [4.69, 9.17) is 0 Å². The maximum Gasteiger partial charge on any atom is 0.573 e. The lowest BCUT2D eigenvalue weighted by Gasteiger charge is -2.09. The van der Waals surface area contributed by atoms with Gasteiger partial charge in [-0.3, -0.25) is 9.78 Å². The van der Waals surface area contributed by atoms with Crippen molar-refractivity contribution in [2.75, 3.05) is 0 Å². The Hall–Kier alpha value is -2.42. The van der Waals surface area contributed by atoms with Crippen molar-refractivity contribution in [2.24, 2.45) is 5.10 Å². The number of hydrogen-bond acceptors (Lipinski definition) is 4. The summed E-state index contributed by atoms with van der Waals surface area (Å²) >= 11 is 3.17. The minimum Gasteiger partial charge on any atom is -0.406 e. The molecule has 1 heterocycles. The Balaban J connectivity index is 2.07. The maximum atomic E-state index is 12.2. The quantitative estimate of drug-likeness (QED) is 0.644. The molecule has 0 radical (unpaired) electrons. The lowest BCUT2D eigenvalue weighted by atomic mass is 10.2. The predicted octanol–water partition coefficient (Wildman–Crippen LogP) is 3.51. The van der Waals surface area contributed by atoms with E-state index in [0.717, 1.165) is 12.1 Å². The minimum absolute atomic E-state index is 0.307. The SMILES string of the molecule is O=C(N/N=C\c1cc(OC(F)(F)F)ccc1Br)c1ccncc1. The molecule has 0 spiro atoms. The van der Waals surface area contributed by atoms with Crippen LogP contribution in [-0.4, -0.2) is 23.5 Å². The molecule has 2 rings (SSSR count). The summed E-state index contributed by atoms with van der Waals surface area (Å²) in [5.41, 5.74) is 2.92. The maximum absolute atomic E-state index is 12.2. The third kappa shape index (κ3) is 5.37. The molecule has 0 unspecified atom stereocenters. The molecular formula is C14H9BrF3N3O2. The normalized spacial score (nSPS) is 11.5. The van der Waals surface area contributed by atoms with Gasteiger partial charge < -0.3 is 4.74 Å². The average molecular weight is 388 g/mol. The fourth-order valence-corrected chi connectivity index (χ4v) is 1.90. The number of rotatable bonds is 4. The number of nitrogens with zero attached hydrogens (tertiary/aromatic N) is 2. The molecule has 1 N–H and O–H groups in total. The molecule has 2 aromatic rings. The third-order valence-electron chi connectivity index (χ3n) is 2.51. The van der Waals surface area contributed by atoms with E-state index in [1.807, 2.05) is 0 Å². The molecule has 120 valence electrons. The van der Waals surface area contributed by atoms with E-state index >= 15 is 0 Å². The van der Waals surface area contributed by atoms with Crippen LogP contribution in [0.25, 0.3) is 0 Å². The number of benzene rings is 1. The number of nitrogens with one attached hydrogen (secondary N) is 1. The smallest absolute Gasteiger partial charge is 0.406 e. The highest BCUT2D eigenvalue weighted by Crippen LogP contribution is 2.26. The molecule has 1 aromatic carbocycles. The van der Waals surface area contributed by atoms with E-state index in [9.17, 15) is 18.0 Å². The van der Waals surface area contributed by atoms with Crippen molar-refractivity contribution in [3.05, 3.63) is 58.3 Å². The van der Waals surface area contributed by atoms with Crippen LogP contribution in [-0.2, 0) is 0 Å². The summed E-state index contributed by atoms with van der Waals surface area (Å²) in [7, 11) is 0.